The molecule has 2 aliphatic heterocycles. The van der Waals surface area contributed by atoms with Crippen LogP contribution in [0.2, 0.25) is 0 Å². The van der Waals surface area contributed by atoms with Crippen LogP contribution in [0.5, 0.6) is 0 Å². The number of carbonyl (C=O) groups is 1. The Morgan fingerprint density at radius 3 is 2.27 bits per heavy atom. The molecule has 0 N–H and O–H groups in total. The quantitative estimate of drug-likeness (QED) is 0.843. The Labute approximate surface area is 155 Å². The summed E-state index contributed by atoms with van der Waals surface area (Å²) in [5.74, 6) is 0.111. The van der Waals surface area contributed by atoms with Gasteiger partial charge in [0.15, 0.2) is 5.69 Å². The fraction of sp³-hybridized carbons (Fsp3) is 0.619. The summed E-state index contributed by atoms with van der Waals surface area (Å²) in [6.07, 6.45) is 8.65. The first-order valence-electron chi connectivity index (χ1n) is 10.3. The summed E-state index contributed by atoms with van der Waals surface area (Å²) in [6, 6.07) is 8.20. The van der Waals surface area contributed by atoms with Crippen molar-refractivity contribution in [3.8, 4) is 0 Å². The molecule has 0 atom stereocenters. The number of nitrogens with zero attached hydrogens (tertiary/aromatic N) is 4. The molecule has 1 aromatic heterocycles. The van der Waals surface area contributed by atoms with Gasteiger partial charge in [0.1, 0.15) is 0 Å². The largest absolute Gasteiger partial charge is 0.337 e. The fourth-order valence-corrected chi connectivity index (χ4v) is 4.30. The van der Waals surface area contributed by atoms with Crippen molar-refractivity contribution in [2.75, 3.05) is 32.7 Å². The molecule has 1 amide bonds. The lowest BCUT2D eigenvalue weighted by Gasteiger charge is -2.26. The highest BCUT2D eigenvalue weighted by atomic mass is 16.2. The van der Waals surface area contributed by atoms with Crippen LogP contribution in [0.3, 0.4) is 0 Å². The van der Waals surface area contributed by atoms with E-state index in [0.717, 1.165) is 49.9 Å². The van der Waals surface area contributed by atoms with E-state index in [1.165, 1.54) is 45.2 Å². The fourth-order valence-electron chi connectivity index (χ4n) is 4.30. The van der Waals surface area contributed by atoms with Gasteiger partial charge in [-0.25, -0.2) is 0 Å². The zero-order valence-corrected chi connectivity index (χ0v) is 15.7. The highest BCUT2D eigenvalue weighted by molar-refractivity contribution is 6.04. The van der Waals surface area contributed by atoms with Crippen LogP contribution in [0.1, 0.15) is 55.4 Å². The average Bonchev–Trinajstić information content (AvgIpc) is 2.86. The van der Waals surface area contributed by atoms with Crippen LogP contribution in [0.4, 0.5) is 0 Å². The third kappa shape index (κ3) is 3.78. The normalized spacial score (nSPS) is 19.6. The second-order valence-electron chi connectivity index (χ2n) is 7.70. The maximum Gasteiger partial charge on any atom is 0.275 e. The van der Waals surface area contributed by atoms with Crippen molar-refractivity contribution in [2.24, 2.45) is 0 Å². The Morgan fingerprint density at radius 1 is 0.846 bits per heavy atom. The van der Waals surface area contributed by atoms with Crippen molar-refractivity contribution in [3.63, 3.8) is 0 Å². The molecule has 1 aromatic carbocycles. The minimum Gasteiger partial charge on any atom is -0.337 e. The molecule has 2 aliphatic rings. The van der Waals surface area contributed by atoms with E-state index in [2.05, 4.69) is 15.6 Å². The molecule has 0 aliphatic carbocycles. The Balaban J connectivity index is 1.55. The highest BCUT2D eigenvalue weighted by Gasteiger charge is 2.23. The number of likely N-dealkylation sites (tertiary alicyclic amines) is 2. The Morgan fingerprint density at radius 2 is 1.50 bits per heavy atom. The van der Waals surface area contributed by atoms with E-state index in [1.54, 1.807) is 0 Å². The lowest BCUT2D eigenvalue weighted by molar-refractivity contribution is 0.0756. The van der Waals surface area contributed by atoms with Gasteiger partial charge in [0.05, 0.1) is 12.1 Å². The SMILES string of the molecule is O=C(c1nn(CCN2CCCCC2)c2ccccc12)N1CCCCCC1. The summed E-state index contributed by atoms with van der Waals surface area (Å²) in [7, 11) is 0. The zero-order chi connectivity index (χ0) is 17.8. The number of benzene rings is 1. The molecule has 0 saturated carbocycles. The summed E-state index contributed by atoms with van der Waals surface area (Å²) in [5.41, 5.74) is 1.73. The molecule has 0 radical (unpaired) electrons. The van der Waals surface area contributed by atoms with Gasteiger partial charge in [-0.3, -0.25) is 9.48 Å². The van der Waals surface area contributed by atoms with Crippen molar-refractivity contribution < 1.29 is 4.79 Å². The first kappa shape index (κ1) is 17.5. The minimum atomic E-state index is 0.111. The monoisotopic (exact) mass is 354 g/mol. The van der Waals surface area contributed by atoms with Crippen LogP contribution in [-0.4, -0.2) is 58.2 Å². The number of amides is 1. The molecule has 5 nitrogen and oxygen atoms in total. The maximum atomic E-state index is 13.1. The third-order valence-electron chi connectivity index (χ3n) is 5.83. The predicted octanol–water partition coefficient (Wildman–Crippen LogP) is 3.54. The molecular formula is C21H30N4O. The van der Waals surface area contributed by atoms with Gasteiger partial charge in [0, 0.05) is 25.0 Å². The topological polar surface area (TPSA) is 41.4 Å². The van der Waals surface area contributed by atoms with E-state index in [1.807, 2.05) is 23.1 Å². The maximum absolute atomic E-state index is 13.1. The standard InChI is InChI=1S/C21H30N4O/c26-21(24-14-8-1-2-9-15-24)20-18-10-4-5-11-19(18)25(22-20)17-16-23-12-6-3-7-13-23/h4-5,10-11H,1-3,6-9,12-17H2. The van der Waals surface area contributed by atoms with Gasteiger partial charge in [0.25, 0.3) is 5.91 Å². The number of piperidine rings is 1. The summed E-state index contributed by atoms with van der Waals surface area (Å²) in [5, 5.41) is 5.78. The Bertz CT molecular complexity index is 740. The second kappa shape index (κ2) is 8.21. The number of hydrogen-bond acceptors (Lipinski definition) is 3. The van der Waals surface area contributed by atoms with Gasteiger partial charge in [-0.15, -0.1) is 0 Å². The predicted molar refractivity (Wildman–Crippen MR) is 104 cm³/mol. The molecule has 0 spiro atoms. The lowest BCUT2D eigenvalue weighted by Crippen LogP contribution is -2.33. The van der Waals surface area contributed by atoms with E-state index < -0.39 is 0 Å². The average molecular weight is 354 g/mol. The van der Waals surface area contributed by atoms with Crippen molar-refractivity contribution in [1.82, 2.24) is 19.6 Å². The van der Waals surface area contributed by atoms with Gasteiger partial charge >= 0.3 is 0 Å². The van der Waals surface area contributed by atoms with Gasteiger partial charge in [-0.2, -0.15) is 5.10 Å². The molecule has 2 saturated heterocycles. The first-order chi connectivity index (χ1) is 12.8. The number of rotatable bonds is 4. The summed E-state index contributed by atoms with van der Waals surface area (Å²) < 4.78 is 2.05. The molecule has 3 heterocycles. The Kier molecular flexibility index (Phi) is 5.54. The minimum absolute atomic E-state index is 0.111. The highest BCUT2D eigenvalue weighted by Crippen LogP contribution is 2.22. The molecule has 140 valence electrons. The third-order valence-corrected chi connectivity index (χ3v) is 5.83. The molecule has 4 rings (SSSR count). The smallest absolute Gasteiger partial charge is 0.275 e. The molecule has 5 heteroatoms. The molecule has 2 fully saturated rings. The number of para-hydroxylation sites is 1. The summed E-state index contributed by atoms with van der Waals surface area (Å²) in [6.45, 7) is 6.00. The number of hydrogen-bond donors (Lipinski definition) is 0. The molecule has 26 heavy (non-hydrogen) atoms. The summed E-state index contributed by atoms with van der Waals surface area (Å²) >= 11 is 0. The van der Waals surface area contributed by atoms with Gasteiger partial charge in [0.2, 0.25) is 0 Å². The van der Waals surface area contributed by atoms with E-state index in [9.17, 15) is 4.79 Å². The van der Waals surface area contributed by atoms with Gasteiger partial charge < -0.3 is 9.80 Å². The Hall–Kier alpha value is -1.88. The van der Waals surface area contributed by atoms with Gasteiger partial charge in [-0.1, -0.05) is 37.5 Å². The second-order valence-corrected chi connectivity index (χ2v) is 7.70. The molecule has 0 bridgehead atoms. The molecular weight excluding hydrogens is 324 g/mol. The van der Waals surface area contributed by atoms with E-state index in [4.69, 9.17) is 5.10 Å². The zero-order valence-electron chi connectivity index (χ0n) is 15.7. The van der Waals surface area contributed by atoms with E-state index in [-0.39, 0.29) is 5.91 Å². The van der Waals surface area contributed by atoms with Crippen LogP contribution < -0.4 is 0 Å². The number of carbonyl (C=O) groups excluding carboxylic acids is 1. The van der Waals surface area contributed by atoms with Crippen LogP contribution in [0, 0.1) is 0 Å². The van der Waals surface area contributed by atoms with Crippen LogP contribution in [0.25, 0.3) is 10.9 Å². The molecule has 0 unspecified atom stereocenters. The van der Waals surface area contributed by atoms with E-state index >= 15 is 0 Å². The van der Waals surface area contributed by atoms with Gasteiger partial charge in [-0.05, 0) is 44.8 Å². The number of aromatic nitrogens is 2. The number of fused-ring (bicyclic) bond motifs is 1. The van der Waals surface area contributed by atoms with Crippen molar-refractivity contribution in [2.45, 2.75) is 51.5 Å². The van der Waals surface area contributed by atoms with Crippen molar-refractivity contribution in [3.05, 3.63) is 30.0 Å². The van der Waals surface area contributed by atoms with Crippen LogP contribution in [0.15, 0.2) is 24.3 Å². The van der Waals surface area contributed by atoms with Crippen LogP contribution >= 0.6 is 0 Å². The first-order valence-corrected chi connectivity index (χ1v) is 10.3. The van der Waals surface area contributed by atoms with Crippen molar-refractivity contribution >= 4 is 16.8 Å². The van der Waals surface area contributed by atoms with E-state index in [0.29, 0.717) is 5.69 Å². The summed E-state index contributed by atoms with van der Waals surface area (Å²) in [4.78, 5) is 17.7. The molecule has 2 aromatic rings. The lowest BCUT2D eigenvalue weighted by atomic mass is 10.1. The van der Waals surface area contributed by atoms with Crippen LogP contribution in [-0.2, 0) is 6.54 Å². The van der Waals surface area contributed by atoms with Crippen molar-refractivity contribution in [1.29, 1.82) is 0 Å².